The molecular weight excluding hydrogens is 282 g/mol. The van der Waals surface area contributed by atoms with Crippen LogP contribution >= 0.6 is 0 Å². The molecule has 2 rings (SSSR count). The Morgan fingerprint density at radius 3 is 2.55 bits per heavy atom. The maximum Gasteiger partial charge on any atom is 0.276 e. The number of nitro benzene ring substituents is 1. The van der Waals surface area contributed by atoms with Gasteiger partial charge in [0.15, 0.2) is 11.5 Å². The second kappa shape index (κ2) is 7.26. The molecule has 0 N–H and O–H groups in total. The molecule has 2 aromatic carbocycles. The van der Waals surface area contributed by atoms with Gasteiger partial charge in [0.25, 0.3) is 5.69 Å². The van der Waals surface area contributed by atoms with Gasteiger partial charge in [0.1, 0.15) is 6.61 Å². The Bertz CT molecular complexity index is 668. The Morgan fingerprint density at radius 1 is 1.23 bits per heavy atom. The summed E-state index contributed by atoms with van der Waals surface area (Å²) in [5.41, 5.74) is 1.52. The number of allylic oxidation sites excluding steroid dienone is 1. The van der Waals surface area contributed by atoms with Crippen molar-refractivity contribution in [2.24, 2.45) is 0 Å². The molecular formula is C17H17NO4. The van der Waals surface area contributed by atoms with Crippen molar-refractivity contribution in [1.82, 2.24) is 0 Å². The molecule has 0 saturated carbocycles. The van der Waals surface area contributed by atoms with Crippen LogP contribution in [0.15, 0.2) is 55.1 Å². The van der Waals surface area contributed by atoms with Crippen LogP contribution in [0.25, 0.3) is 0 Å². The van der Waals surface area contributed by atoms with Crippen LogP contribution in [0.5, 0.6) is 11.5 Å². The highest BCUT2D eigenvalue weighted by Gasteiger charge is 2.19. The summed E-state index contributed by atoms with van der Waals surface area (Å²) in [4.78, 5) is 10.8. The van der Waals surface area contributed by atoms with Crippen LogP contribution in [-0.2, 0) is 13.0 Å². The van der Waals surface area contributed by atoms with Crippen molar-refractivity contribution in [3.63, 3.8) is 0 Å². The molecule has 0 aromatic heterocycles. The van der Waals surface area contributed by atoms with Gasteiger partial charge in [0.2, 0.25) is 0 Å². The van der Waals surface area contributed by atoms with E-state index in [0.29, 0.717) is 30.1 Å². The van der Waals surface area contributed by atoms with Crippen molar-refractivity contribution in [2.45, 2.75) is 13.0 Å². The first-order valence-corrected chi connectivity index (χ1v) is 6.78. The molecule has 0 radical (unpaired) electrons. The Kier molecular flexibility index (Phi) is 5.14. The van der Waals surface area contributed by atoms with Gasteiger partial charge in [0, 0.05) is 5.56 Å². The van der Waals surface area contributed by atoms with Crippen molar-refractivity contribution in [3.05, 3.63) is 76.4 Å². The predicted octanol–water partition coefficient (Wildman–Crippen LogP) is 3.91. The lowest BCUT2D eigenvalue weighted by molar-refractivity contribution is -0.385. The number of nitro groups is 1. The zero-order valence-corrected chi connectivity index (χ0v) is 12.3. The highest BCUT2D eigenvalue weighted by atomic mass is 16.6. The van der Waals surface area contributed by atoms with Crippen LogP contribution in [-0.4, -0.2) is 12.0 Å². The van der Waals surface area contributed by atoms with Crippen molar-refractivity contribution in [2.75, 3.05) is 7.11 Å². The summed E-state index contributed by atoms with van der Waals surface area (Å²) < 4.78 is 11.0. The summed E-state index contributed by atoms with van der Waals surface area (Å²) in [7, 11) is 1.51. The monoisotopic (exact) mass is 299 g/mol. The van der Waals surface area contributed by atoms with E-state index in [2.05, 4.69) is 6.58 Å². The first-order valence-electron chi connectivity index (χ1n) is 6.78. The lowest BCUT2D eigenvalue weighted by Crippen LogP contribution is -2.01. The molecule has 0 aliphatic rings. The maximum absolute atomic E-state index is 11.2. The zero-order valence-electron chi connectivity index (χ0n) is 12.3. The fourth-order valence-electron chi connectivity index (χ4n) is 2.09. The maximum atomic E-state index is 11.2. The molecule has 0 fully saturated rings. The fourth-order valence-corrected chi connectivity index (χ4v) is 2.09. The molecule has 2 aromatic rings. The number of methoxy groups -OCH3 is 1. The molecule has 0 unspecified atom stereocenters. The summed E-state index contributed by atoms with van der Waals surface area (Å²) in [6.07, 6.45) is 2.01. The molecule has 0 aliphatic carbocycles. The molecule has 22 heavy (non-hydrogen) atoms. The molecule has 114 valence electrons. The normalized spacial score (nSPS) is 10.0. The minimum absolute atomic E-state index is 0.00348. The Balaban J connectivity index is 2.31. The fraction of sp³-hybridized carbons (Fsp3) is 0.176. The summed E-state index contributed by atoms with van der Waals surface area (Å²) in [5, 5.41) is 11.2. The Hall–Kier alpha value is -2.82. The van der Waals surface area contributed by atoms with Gasteiger partial charge in [-0.25, -0.2) is 0 Å². The first kappa shape index (κ1) is 15.6. The van der Waals surface area contributed by atoms with Gasteiger partial charge in [-0.1, -0.05) is 36.4 Å². The molecule has 0 amide bonds. The number of rotatable bonds is 7. The van der Waals surface area contributed by atoms with E-state index in [-0.39, 0.29) is 5.69 Å². The van der Waals surface area contributed by atoms with Crippen molar-refractivity contribution < 1.29 is 14.4 Å². The van der Waals surface area contributed by atoms with E-state index in [1.54, 1.807) is 12.1 Å². The quantitative estimate of drug-likeness (QED) is 0.442. The standard InChI is InChI=1S/C17H17NO4/c1-3-7-14-10-16(21-2)17(11-15(14)18(19)20)22-12-13-8-5-4-6-9-13/h3-6,8-11H,1,7,12H2,2H3. The Labute approximate surface area is 129 Å². The number of hydrogen-bond donors (Lipinski definition) is 0. The molecule has 5 heteroatoms. The van der Waals surface area contributed by atoms with E-state index in [0.717, 1.165) is 5.56 Å². The zero-order chi connectivity index (χ0) is 15.9. The van der Waals surface area contributed by atoms with Crippen LogP contribution in [0.3, 0.4) is 0 Å². The minimum atomic E-state index is -0.423. The second-order valence-corrected chi connectivity index (χ2v) is 4.66. The topological polar surface area (TPSA) is 61.6 Å². The van der Waals surface area contributed by atoms with Crippen LogP contribution in [0.1, 0.15) is 11.1 Å². The van der Waals surface area contributed by atoms with Crippen LogP contribution < -0.4 is 9.47 Å². The van der Waals surface area contributed by atoms with E-state index in [4.69, 9.17) is 9.47 Å². The summed E-state index contributed by atoms with van der Waals surface area (Å²) in [6, 6.07) is 12.6. The predicted molar refractivity (Wildman–Crippen MR) is 84.3 cm³/mol. The lowest BCUT2D eigenvalue weighted by Gasteiger charge is -2.12. The molecule has 0 heterocycles. The summed E-state index contributed by atoms with van der Waals surface area (Å²) >= 11 is 0. The van der Waals surface area contributed by atoms with E-state index < -0.39 is 4.92 Å². The van der Waals surface area contributed by atoms with Gasteiger partial charge in [-0.2, -0.15) is 0 Å². The molecule has 0 aliphatic heterocycles. The smallest absolute Gasteiger partial charge is 0.276 e. The van der Waals surface area contributed by atoms with Crippen LogP contribution in [0, 0.1) is 10.1 Å². The van der Waals surface area contributed by atoms with Crippen molar-refractivity contribution >= 4 is 5.69 Å². The minimum Gasteiger partial charge on any atom is -0.493 e. The number of hydrogen-bond acceptors (Lipinski definition) is 4. The molecule has 0 bridgehead atoms. The van der Waals surface area contributed by atoms with E-state index >= 15 is 0 Å². The third kappa shape index (κ3) is 3.63. The number of ether oxygens (including phenoxy) is 2. The first-order chi connectivity index (χ1) is 10.7. The highest BCUT2D eigenvalue weighted by Crippen LogP contribution is 2.35. The largest absolute Gasteiger partial charge is 0.493 e. The third-order valence-electron chi connectivity index (χ3n) is 3.16. The van der Waals surface area contributed by atoms with E-state index in [1.807, 2.05) is 30.3 Å². The van der Waals surface area contributed by atoms with Gasteiger partial charge < -0.3 is 9.47 Å². The average molecular weight is 299 g/mol. The van der Waals surface area contributed by atoms with Gasteiger partial charge in [-0.3, -0.25) is 10.1 Å². The summed E-state index contributed by atoms with van der Waals surface area (Å²) in [5.74, 6) is 0.823. The van der Waals surface area contributed by atoms with Crippen molar-refractivity contribution in [1.29, 1.82) is 0 Å². The van der Waals surface area contributed by atoms with Gasteiger partial charge in [-0.15, -0.1) is 6.58 Å². The van der Waals surface area contributed by atoms with Gasteiger partial charge >= 0.3 is 0 Å². The molecule has 0 atom stereocenters. The molecule has 0 saturated heterocycles. The molecule has 0 spiro atoms. The Morgan fingerprint density at radius 2 is 1.95 bits per heavy atom. The number of benzene rings is 2. The SMILES string of the molecule is C=CCc1cc(OC)c(OCc2ccccc2)cc1[N+](=O)[O-]. The number of nitrogens with zero attached hydrogens (tertiary/aromatic N) is 1. The van der Waals surface area contributed by atoms with Gasteiger partial charge in [0.05, 0.1) is 18.1 Å². The van der Waals surface area contributed by atoms with Gasteiger partial charge in [-0.05, 0) is 18.1 Å². The second-order valence-electron chi connectivity index (χ2n) is 4.66. The van der Waals surface area contributed by atoms with Crippen LogP contribution in [0.4, 0.5) is 5.69 Å². The molecule has 5 nitrogen and oxygen atoms in total. The van der Waals surface area contributed by atoms with Crippen LogP contribution in [0.2, 0.25) is 0 Å². The summed E-state index contributed by atoms with van der Waals surface area (Å²) in [6.45, 7) is 3.93. The third-order valence-corrected chi connectivity index (χ3v) is 3.16. The highest BCUT2D eigenvalue weighted by molar-refractivity contribution is 5.54. The van der Waals surface area contributed by atoms with E-state index in [1.165, 1.54) is 13.2 Å². The average Bonchev–Trinajstić information content (AvgIpc) is 2.54. The lowest BCUT2D eigenvalue weighted by atomic mass is 10.1. The van der Waals surface area contributed by atoms with Crippen molar-refractivity contribution in [3.8, 4) is 11.5 Å². The van der Waals surface area contributed by atoms with E-state index in [9.17, 15) is 10.1 Å².